The van der Waals surface area contributed by atoms with Crippen LogP contribution in [0.2, 0.25) is 0 Å². The van der Waals surface area contributed by atoms with Crippen molar-refractivity contribution >= 4 is 33.4 Å². The van der Waals surface area contributed by atoms with Crippen LogP contribution >= 0.6 is 15.9 Å². The fraction of sp³-hybridized carbons (Fsp3) is 0.333. The van der Waals surface area contributed by atoms with E-state index in [4.69, 9.17) is 4.74 Å². The fourth-order valence-corrected chi connectivity index (χ4v) is 4.52. The maximum absolute atomic E-state index is 13.3. The number of carbonyl (C=O) groups is 2. The second kappa shape index (κ2) is 9.94. The molecular weight excluding hydrogens is 479 g/mol. The maximum atomic E-state index is 13.3. The quantitative estimate of drug-likeness (QED) is 0.365. The van der Waals surface area contributed by atoms with Crippen LogP contribution < -0.4 is 10.0 Å². The Balaban J connectivity index is 1.66. The minimum atomic E-state index is -0.786. The van der Waals surface area contributed by atoms with E-state index >= 15 is 0 Å². The van der Waals surface area contributed by atoms with E-state index in [2.05, 4.69) is 15.9 Å². The van der Waals surface area contributed by atoms with Crippen LogP contribution in [-0.4, -0.2) is 56.0 Å². The number of halogens is 2. The molecule has 1 N–H and O–H groups in total. The van der Waals surface area contributed by atoms with Gasteiger partial charge in [-0.25, -0.2) is 4.39 Å². The molecule has 32 heavy (non-hydrogen) atoms. The van der Waals surface area contributed by atoms with Gasteiger partial charge in [-0.15, -0.1) is 0 Å². The second-order valence-corrected chi connectivity index (χ2v) is 8.91. The average molecular weight is 503 g/mol. The topological polar surface area (TPSA) is 74.1 Å². The van der Waals surface area contributed by atoms with Gasteiger partial charge in [-0.05, 0) is 35.4 Å². The molecule has 8 heteroatoms. The molecule has 2 aliphatic heterocycles. The van der Waals surface area contributed by atoms with E-state index in [0.29, 0.717) is 18.5 Å². The molecule has 2 saturated heterocycles. The number of likely N-dealkylation sites (tertiary alicyclic amines) is 1. The summed E-state index contributed by atoms with van der Waals surface area (Å²) in [5, 5.41) is 13.2. The summed E-state index contributed by atoms with van der Waals surface area (Å²) < 4.78 is 19.6. The largest absolute Gasteiger partial charge is 0.872 e. The van der Waals surface area contributed by atoms with E-state index in [9.17, 15) is 19.1 Å². The van der Waals surface area contributed by atoms with Crippen LogP contribution in [0.15, 0.2) is 58.6 Å². The van der Waals surface area contributed by atoms with Gasteiger partial charge in [0, 0.05) is 23.0 Å². The summed E-state index contributed by atoms with van der Waals surface area (Å²) in [4.78, 5) is 28.8. The summed E-state index contributed by atoms with van der Waals surface area (Å²) in [6.45, 7) is 4.52. The van der Waals surface area contributed by atoms with Crippen LogP contribution in [0.4, 0.5) is 4.39 Å². The van der Waals surface area contributed by atoms with E-state index in [0.717, 1.165) is 37.3 Å². The van der Waals surface area contributed by atoms with Crippen molar-refractivity contribution in [3.05, 3.63) is 75.5 Å². The number of nitrogens with zero attached hydrogens (tertiary/aromatic N) is 1. The predicted molar refractivity (Wildman–Crippen MR) is 118 cm³/mol. The van der Waals surface area contributed by atoms with Gasteiger partial charge in [0.2, 0.25) is 5.78 Å². The smallest absolute Gasteiger partial charge is 0.295 e. The van der Waals surface area contributed by atoms with Gasteiger partial charge in [-0.3, -0.25) is 9.59 Å². The van der Waals surface area contributed by atoms with Gasteiger partial charge in [0.05, 0.1) is 25.8 Å². The second-order valence-electron chi connectivity index (χ2n) is 8.00. The molecule has 6 nitrogen and oxygen atoms in total. The van der Waals surface area contributed by atoms with Crippen LogP contribution in [0.5, 0.6) is 0 Å². The van der Waals surface area contributed by atoms with Crippen molar-refractivity contribution in [2.45, 2.75) is 12.5 Å². The molecule has 0 saturated carbocycles. The molecule has 0 aromatic heterocycles. The highest BCUT2D eigenvalue weighted by Crippen LogP contribution is 2.39. The number of nitrogens with one attached hydrogen (secondary N) is 1. The van der Waals surface area contributed by atoms with Crippen LogP contribution in [-0.2, 0) is 14.3 Å². The monoisotopic (exact) mass is 502 g/mol. The van der Waals surface area contributed by atoms with E-state index in [1.54, 1.807) is 12.1 Å². The SMILES string of the molecule is O=C1C(=O)N(CCC[NH+]2CCOCC2)C(c2ccc(Br)cc2)C1=C([O-])c1ccc(F)cc1. The van der Waals surface area contributed by atoms with Crippen molar-refractivity contribution in [2.24, 2.45) is 0 Å². The highest BCUT2D eigenvalue weighted by atomic mass is 79.9. The number of ketones is 1. The standard InChI is InChI=1S/C24H24BrFN2O4/c25-18-6-2-16(3-7-18)21-20(22(29)17-4-8-19(26)9-5-17)23(30)24(31)28(21)11-1-10-27-12-14-32-15-13-27/h2-9,21,29H,1,10-15H2. The van der Waals surface area contributed by atoms with Crippen molar-refractivity contribution in [2.75, 3.05) is 39.4 Å². The first kappa shape index (κ1) is 22.6. The molecule has 1 unspecified atom stereocenters. The highest BCUT2D eigenvalue weighted by Gasteiger charge is 2.44. The summed E-state index contributed by atoms with van der Waals surface area (Å²) >= 11 is 3.40. The molecule has 168 valence electrons. The van der Waals surface area contributed by atoms with E-state index in [-0.39, 0.29) is 11.1 Å². The lowest BCUT2D eigenvalue weighted by Gasteiger charge is -2.29. The van der Waals surface area contributed by atoms with E-state index in [1.807, 2.05) is 12.1 Å². The summed E-state index contributed by atoms with van der Waals surface area (Å²) in [7, 11) is 0. The van der Waals surface area contributed by atoms with Gasteiger partial charge in [0.25, 0.3) is 5.91 Å². The number of hydrogen-bond acceptors (Lipinski definition) is 4. The Morgan fingerprint density at radius 2 is 1.75 bits per heavy atom. The average Bonchev–Trinajstić information content (AvgIpc) is 3.05. The normalized spacial score (nSPS) is 21.3. The Morgan fingerprint density at radius 3 is 2.41 bits per heavy atom. The van der Waals surface area contributed by atoms with Crippen LogP contribution in [0.1, 0.15) is 23.6 Å². The van der Waals surface area contributed by atoms with Crippen molar-refractivity contribution in [1.82, 2.24) is 4.90 Å². The summed E-state index contributed by atoms with van der Waals surface area (Å²) in [6, 6.07) is 11.5. The number of quaternary nitrogens is 1. The molecule has 1 atom stereocenters. The molecule has 2 aliphatic rings. The first-order chi connectivity index (χ1) is 15.5. The zero-order valence-electron chi connectivity index (χ0n) is 17.5. The van der Waals surface area contributed by atoms with Gasteiger partial charge >= 0.3 is 0 Å². The number of hydrogen-bond donors (Lipinski definition) is 1. The van der Waals surface area contributed by atoms with Crippen molar-refractivity contribution in [3.63, 3.8) is 0 Å². The first-order valence-corrected chi connectivity index (χ1v) is 11.4. The lowest BCUT2D eigenvalue weighted by molar-refractivity contribution is -0.908. The minimum Gasteiger partial charge on any atom is -0.872 e. The van der Waals surface area contributed by atoms with Gasteiger partial charge in [-0.2, -0.15) is 0 Å². The van der Waals surface area contributed by atoms with Gasteiger partial charge in [0.15, 0.2) is 0 Å². The maximum Gasteiger partial charge on any atom is 0.295 e. The molecule has 0 aliphatic carbocycles. The molecule has 2 fully saturated rings. The minimum absolute atomic E-state index is 0.0809. The van der Waals surface area contributed by atoms with E-state index < -0.39 is 29.3 Å². The lowest BCUT2D eigenvalue weighted by atomic mass is 9.95. The Bertz CT molecular complexity index is 1020. The Labute approximate surface area is 194 Å². The van der Waals surface area contributed by atoms with E-state index in [1.165, 1.54) is 34.1 Å². The molecule has 0 bridgehead atoms. The number of amides is 1. The molecule has 2 heterocycles. The fourth-order valence-electron chi connectivity index (χ4n) is 4.26. The third-order valence-corrected chi connectivity index (χ3v) is 6.48. The summed E-state index contributed by atoms with van der Waals surface area (Å²) in [6.07, 6.45) is 0.708. The van der Waals surface area contributed by atoms with Crippen LogP contribution in [0.25, 0.3) is 5.76 Å². The number of ether oxygens (including phenoxy) is 1. The zero-order valence-corrected chi connectivity index (χ0v) is 19.1. The molecule has 0 spiro atoms. The van der Waals surface area contributed by atoms with Crippen LogP contribution in [0.3, 0.4) is 0 Å². The Hall–Kier alpha value is -2.55. The number of morpholine rings is 1. The first-order valence-electron chi connectivity index (χ1n) is 10.6. The Kier molecular flexibility index (Phi) is 7.03. The lowest BCUT2D eigenvalue weighted by Crippen LogP contribution is -3.14. The summed E-state index contributed by atoms with van der Waals surface area (Å²) in [5.41, 5.74) is 0.795. The third-order valence-electron chi connectivity index (χ3n) is 5.95. The van der Waals surface area contributed by atoms with Gasteiger partial charge < -0.3 is 19.6 Å². The molecule has 1 amide bonds. The zero-order chi connectivity index (χ0) is 22.7. The van der Waals surface area contributed by atoms with Gasteiger partial charge in [0.1, 0.15) is 18.9 Å². The van der Waals surface area contributed by atoms with Gasteiger partial charge in [-0.1, -0.05) is 46.0 Å². The molecule has 2 aromatic carbocycles. The molecule has 0 radical (unpaired) electrons. The molecular formula is C24H24BrFN2O4. The molecule has 4 rings (SSSR count). The number of carbonyl (C=O) groups excluding carboxylic acids is 2. The molecule has 2 aromatic rings. The van der Waals surface area contributed by atoms with Crippen molar-refractivity contribution in [1.29, 1.82) is 0 Å². The van der Waals surface area contributed by atoms with Crippen LogP contribution in [0, 0.1) is 5.82 Å². The number of benzene rings is 2. The number of rotatable bonds is 6. The van der Waals surface area contributed by atoms with Crippen molar-refractivity contribution in [3.8, 4) is 0 Å². The number of Topliss-reactive ketones (excluding diaryl/α,β-unsaturated/α-hetero) is 1. The van der Waals surface area contributed by atoms with Crippen molar-refractivity contribution < 1.29 is 28.7 Å². The Morgan fingerprint density at radius 1 is 1.09 bits per heavy atom. The predicted octanol–water partition coefficient (Wildman–Crippen LogP) is 1.12. The highest BCUT2D eigenvalue weighted by molar-refractivity contribution is 9.10. The summed E-state index contributed by atoms with van der Waals surface area (Å²) in [5.74, 6) is -2.47. The third kappa shape index (κ3) is 4.77.